The minimum Gasteiger partial charge on any atom is -0.373 e. The van der Waals surface area contributed by atoms with E-state index in [2.05, 4.69) is 19.6 Å². The van der Waals surface area contributed by atoms with Crippen LogP contribution in [0.1, 0.15) is 0 Å². The highest BCUT2D eigenvalue weighted by molar-refractivity contribution is 6.84. The lowest BCUT2D eigenvalue weighted by molar-refractivity contribution is -0.129. The van der Waals surface area contributed by atoms with Gasteiger partial charge in [0.1, 0.15) is 11.7 Å². The average Bonchev–Trinajstić information content (AvgIpc) is 2.63. The van der Waals surface area contributed by atoms with Crippen molar-refractivity contribution >= 4 is 13.9 Å². The molecular formula is C12H16O3Si. The van der Waals surface area contributed by atoms with Crippen LogP contribution in [-0.4, -0.2) is 38.8 Å². The molecule has 0 aromatic heterocycles. The standard InChI is InChI=1S/C12H16O3Si/c1-16(2,3)11-8-6-14-7-12(8)5-4-9(13)10(11)15-12/h4-5,10H,6-7H2,1-3H3/t10-,12-/m1/s1. The molecule has 16 heavy (non-hydrogen) atoms. The second kappa shape index (κ2) is 2.94. The first kappa shape index (κ1) is 10.4. The molecule has 0 unspecified atom stereocenters. The van der Waals surface area contributed by atoms with Gasteiger partial charge in [-0.05, 0) is 22.9 Å². The van der Waals surface area contributed by atoms with Crippen LogP contribution in [0.2, 0.25) is 19.6 Å². The largest absolute Gasteiger partial charge is 0.373 e. The zero-order chi connectivity index (χ0) is 11.6. The molecule has 3 aliphatic heterocycles. The SMILES string of the molecule is C[Si](C)(C)C1=C2COC[C@]23C=CC(=O)[C@H]1O3. The van der Waals surface area contributed by atoms with Crippen LogP contribution in [0.5, 0.6) is 0 Å². The fraction of sp³-hybridized carbons (Fsp3) is 0.583. The summed E-state index contributed by atoms with van der Waals surface area (Å²) in [4.78, 5) is 11.9. The van der Waals surface area contributed by atoms with E-state index in [9.17, 15) is 4.79 Å². The maximum Gasteiger partial charge on any atom is 0.188 e. The minimum atomic E-state index is -1.53. The van der Waals surface area contributed by atoms with Crippen LogP contribution in [0.15, 0.2) is 22.9 Å². The normalized spacial score (nSPS) is 37.2. The van der Waals surface area contributed by atoms with Crippen LogP contribution in [0.25, 0.3) is 0 Å². The van der Waals surface area contributed by atoms with Crippen LogP contribution in [-0.2, 0) is 14.3 Å². The minimum absolute atomic E-state index is 0.102. The van der Waals surface area contributed by atoms with E-state index in [1.807, 2.05) is 6.08 Å². The average molecular weight is 236 g/mol. The van der Waals surface area contributed by atoms with Crippen molar-refractivity contribution in [2.24, 2.45) is 0 Å². The molecule has 3 aliphatic rings. The Morgan fingerprint density at radius 1 is 1.44 bits per heavy atom. The van der Waals surface area contributed by atoms with E-state index in [0.717, 1.165) is 0 Å². The van der Waals surface area contributed by atoms with Crippen LogP contribution >= 0.6 is 0 Å². The highest BCUT2D eigenvalue weighted by Gasteiger charge is 2.55. The number of carbonyl (C=O) groups is 1. The van der Waals surface area contributed by atoms with E-state index < -0.39 is 13.7 Å². The third-order valence-electron chi connectivity index (χ3n) is 3.57. The summed E-state index contributed by atoms with van der Waals surface area (Å²) >= 11 is 0. The molecule has 0 N–H and O–H groups in total. The Morgan fingerprint density at radius 3 is 2.88 bits per heavy atom. The van der Waals surface area contributed by atoms with Gasteiger partial charge in [-0.25, -0.2) is 0 Å². The quantitative estimate of drug-likeness (QED) is 0.647. The number of carbonyl (C=O) groups excluding carboxylic acids is 1. The van der Waals surface area contributed by atoms with Gasteiger partial charge in [0.15, 0.2) is 5.78 Å². The fourth-order valence-electron chi connectivity index (χ4n) is 2.89. The van der Waals surface area contributed by atoms with E-state index in [1.165, 1.54) is 10.8 Å². The van der Waals surface area contributed by atoms with Gasteiger partial charge in [0.25, 0.3) is 0 Å². The third kappa shape index (κ3) is 1.18. The number of rotatable bonds is 1. The molecule has 0 aliphatic carbocycles. The number of ketones is 1. The highest BCUT2D eigenvalue weighted by Crippen LogP contribution is 2.47. The molecule has 86 valence electrons. The summed E-state index contributed by atoms with van der Waals surface area (Å²) in [5.41, 5.74) is 0.840. The Balaban J connectivity index is 2.20. The van der Waals surface area contributed by atoms with Gasteiger partial charge >= 0.3 is 0 Å². The number of hydrogen-bond acceptors (Lipinski definition) is 3. The summed E-state index contributed by atoms with van der Waals surface area (Å²) < 4.78 is 11.5. The smallest absolute Gasteiger partial charge is 0.188 e. The van der Waals surface area contributed by atoms with E-state index in [0.29, 0.717) is 13.2 Å². The first-order valence-electron chi connectivity index (χ1n) is 5.67. The third-order valence-corrected chi connectivity index (χ3v) is 5.75. The van der Waals surface area contributed by atoms with Crippen molar-refractivity contribution in [2.75, 3.05) is 13.2 Å². The van der Waals surface area contributed by atoms with E-state index in [1.54, 1.807) is 6.08 Å². The monoisotopic (exact) mass is 236 g/mol. The Bertz CT molecular complexity index is 430. The predicted octanol–water partition coefficient (Wildman–Crippen LogP) is 1.47. The first-order valence-corrected chi connectivity index (χ1v) is 9.17. The number of hydrogen-bond donors (Lipinski definition) is 0. The fourth-order valence-corrected chi connectivity index (χ4v) is 5.07. The van der Waals surface area contributed by atoms with Crippen LogP contribution in [0, 0.1) is 0 Å². The zero-order valence-corrected chi connectivity index (χ0v) is 10.9. The topological polar surface area (TPSA) is 35.5 Å². The van der Waals surface area contributed by atoms with Crippen LogP contribution < -0.4 is 0 Å². The van der Waals surface area contributed by atoms with E-state index in [-0.39, 0.29) is 11.9 Å². The van der Waals surface area contributed by atoms with Crippen molar-refractivity contribution in [2.45, 2.75) is 31.3 Å². The highest BCUT2D eigenvalue weighted by atomic mass is 28.3. The van der Waals surface area contributed by atoms with Crippen LogP contribution in [0.4, 0.5) is 0 Å². The molecule has 0 radical (unpaired) electrons. The lowest BCUT2D eigenvalue weighted by atomic mass is 9.98. The maximum atomic E-state index is 11.9. The van der Waals surface area contributed by atoms with Gasteiger partial charge in [0.2, 0.25) is 0 Å². The lowest BCUT2D eigenvalue weighted by Crippen LogP contribution is -2.40. The molecule has 3 nitrogen and oxygen atoms in total. The Kier molecular flexibility index (Phi) is 1.92. The Hall–Kier alpha value is -0.713. The summed E-state index contributed by atoms with van der Waals surface area (Å²) in [6.45, 7) is 7.99. The molecule has 1 fully saturated rings. The van der Waals surface area contributed by atoms with Gasteiger partial charge in [-0.2, -0.15) is 0 Å². The molecule has 4 heteroatoms. The molecule has 0 aromatic carbocycles. The van der Waals surface area contributed by atoms with E-state index >= 15 is 0 Å². The molecular weight excluding hydrogens is 220 g/mol. The van der Waals surface area contributed by atoms with Crippen molar-refractivity contribution < 1.29 is 14.3 Å². The molecule has 1 spiro atoms. The molecule has 3 rings (SSSR count). The second-order valence-corrected chi connectivity index (χ2v) is 10.8. The first-order chi connectivity index (χ1) is 7.44. The van der Waals surface area contributed by atoms with Crippen molar-refractivity contribution in [3.8, 4) is 0 Å². The predicted molar refractivity (Wildman–Crippen MR) is 62.9 cm³/mol. The summed E-state index contributed by atoms with van der Waals surface area (Å²) in [6, 6.07) is 0. The van der Waals surface area contributed by atoms with Crippen molar-refractivity contribution in [1.29, 1.82) is 0 Å². The van der Waals surface area contributed by atoms with Gasteiger partial charge in [0.05, 0.1) is 21.3 Å². The lowest BCUT2D eigenvalue weighted by Gasteiger charge is -2.27. The molecule has 3 heterocycles. The summed E-state index contributed by atoms with van der Waals surface area (Å²) in [5.74, 6) is 0.102. The van der Waals surface area contributed by atoms with Crippen molar-refractivity contribution in [1.82, 2.24) is 0 Å². The maximum absolute atomic E-state index is 11.9. The van der Waals surface area contributed by atoms with Crippen molar-refractivity contribution in [3.05, 3.63) is 22.9 Å². The number of ether oxygens (including phenoxy) is 2. The Labute approximate surface area is 96.1 Å². The number of fused-ring (bicyclic) bond motifs is 1. The van der Waals surface area contributed by atoms with Gasteiger partial charge in [-0.3, -0.25) is 4.79 Å². The molecule has 2 atom stereocenters. The molecule has 0 aromatic rings. The van der Waals surface area contributed by atoms with Gasteiger partial charge in [0, 0.05) is 0 Å². The second-order valence-electron chi connectivity index (χ2n) is 5.76. The molecule has 2 bridgehead atoms. The zero-order valence-electron chi connectivity index (χ0n) is 9.87. The van der Waals surface area contributed by atoms with E-state index in [4.69, 9.17) is 9.47 Å². The summed E-state index contributed by atoms with van der Waals surface area (Å²) in [7, 11) is -1.53. The van der Waals surface area contributed by atoms with Crippen molar-refractivity contribution in [3.63, 3.8) is 0 Å². The van der Waals surface area contributed by atoms with Gasteiger partial charge in [-0.15, -0.1) is 0 Å². The van der Waals surface area contributed by atoms with Crippen LogP contribution in [0.3, 0.4) is 0 Å². The van der Waals surface area contributed by atoms with Gasteiger partial charge < -0.3 is 9.47 Å². The molecule has 0 amide bonds. The molecule has 1 saturated heterocycles. The summed E-state index contributed by atoms with van der Waals surface area (Å²) in [5, 5.41) is 1.26. The van der Waals surface area contributed by atoms with Gasteiger partial charge in [-0.1, -0.05) is 19.6 Å². The Morgan fingerprint density at radius 2 is 2.19 bits per heavy atom. The summed E-state index contributed by atoms with van der Waals surface area (Å²) in [6.07, 6.45) is 3.26. The molecule has 0 saturated carbocycles.